The van der Waals surface area contributed by atoms with Crippen molar-refractivity contribution < 1.29 is 4.74 Å². The van der Waals surface area contributed by atoms with E-state index in [4.69, 9.17) is 28.6 Å². The Labute approximate surface area is 167 Å². The van der Waals surface area contributed by atoms with Gasteiger partial charge in [0, 0.05) is 5.02 Å². The van der Waals surface area contributed by atoms with Gasteiger partial charge in [0.15, 0.2) is 5.11 Å². The summed E-state index contributed by atoms with van der Waals surface area (Å²) in [4.78, 5) is 0. The van der Waals surface area contributed by atoms with Crippen molar-refractivity contribution in [1.29, 1.82) is 0 Å². The molecule has 3 nitrogen and oxygen atoms in total. The van der Waals surface area contributed by atoms with Crippen LogP contribution in [0.1, 0.15) is 56.7 Å². The zero-order valence-electron chi connectivity index (χ0n) is 15.8. The molecule has 0 bridgehead atoms. The number of thiocarbonyl (C=S) groups is 1. The number of halogens is 1. The monoisotopic (exact) mass is 390 g/mol. The van der Waals surface area contributed by atoms with Crippen molar-refractivity contribution in [1.82, 2.24) is 5.32 Å². The third-order valence-corrected chi connectivity index (χ3v) is 5.10. The van der Waals surface area contributed by atoms with Gasteiger partial charge in [-0.25, -0.2) is 0 Å². The van der Waals surface area contributed by atoms with E-state index < -0.39 is 0 Å². The Bertz CT molecular complexity index is 733. The van der Waals surface area contributed by atoms with Crippen molar-refractivity contribution in [3.05, 3.63) is 58.6 Å². The predicted octanol–water partition coefficient (Wildman–Crippen LogP) is 6.30. The van der Waals surface area contributed by atoms with Gasteiger partial charge in [-0.1, -0.05) is 56.6 Å². The number of anilines is 1. The van der Waals surface area contributed by atoms with Crippen LogP contribution in [0, 0.1) is 0 Å². The standard InChI is InChI=1S/C21H27ClN2OS/c1-5-14(3)15-7-9-16(10-8-15)18(6-2)23-21(26)24-19-13-17(22)11-12-20(19)25-4/h7-14,18H,5-6H2,1-4H3,(H2,23,24,26). The van der Waals surface area contributed by atoms with Crippen LogP contribution in [-0.4, -0.2) is 12.2 Å². The quantitative estimate of drug-likeness (QED) is 0.543. The largest absolute Gasteiger partial charge is 0.495 e. The maximum atomic E-state index is 6.08. The first-order chi connectivity index (χ1) is 12.5. The molecule has 140 valence electrons. The average molecular weight is 391 g/mol. The van der Waals surface area contributed by atoms with E-state index in [2.05, 4.69) is 55.7 Å². The molecule has 2 unspecified atom stereocenters. The van der Waals surface area contributed by atoms with E-state index in [0.29, 0.717) is 21.8 Å². The van der Waals surface area contributed by atoms with Crippen LogP contribution in [0.2, 0.25) is 5.02 Å². The van der Waals surface area contributed by atoms with Crippen LogP contribution in [0.3, 0.4) is 0 Å². The van der Waals surface area contributed by atoms with E-state index in [1.165, 1.54) is 11.1 Å². The SMILES string of the molecule is CCC(C)c1ccc(C(CC)NC(=S)Nc2cc(Cl)ccc2OC)cc1. The van der Waals surface area contributed by atoms with Crippen molar-refractivity contribution in [2.45, 2.75) is 45.6 Å². The molecule has 2 aromatic rings. The number of rotatable bonds is 7. The van der Waals surface area contributed by atoms with Crippen LogP contribution in [0.15, 0.2) is 42.5 Å². The molecule has 0 saturated carbocycles. The summed E-state index contributed by atoms with van der Waals surface area (Å²) in [7, 11) is 1.62. The second-order valence-electron chi connectivity index (χ2n) is 6.38. The van der Waals surface area contributed by atoms with Gasteiger partial charge in [-0.2, -0.15) is 0 Å². The smallest absolute Gasteiger partial charge is 0.171 e. The predicted molar refractivity (Wildman–Crippen MR) is 116 cm³/mol. The van der Waals surface area contributed by atoms with E-state index >= 15 is 0 Å². The lowest BCUT2D eigenvalue weighted by Gasteiger charge is -2.21. The topological polar surface area (TPSA) is 33.3 Å². The molecule has 0 aliphatic carbocycles. The number of benzene rings is 2. The van der Waals surface area contributed by atoms with E-state index in [1.807, 2.05) is 6.07 Å². The second-order valence-corrected chi connectivity index (χ2v) is 7.22. The zero-order chi connectivity index (χ0) is 19.1. The Hall–Kier alpha value is -1.78. The summed E-state index contributed by atoms with van der Waals surface area (Å²) in [6.45, 7) is 6.61. The molecule has 0 fully saturated rings. The molecule has 26 heavy (non-hydrogen) atoms. The van der Waals surface area contributed by atoms with E-state index in [-0.39, 0.29) is 6.04 Å². The maximum Gasteiger partial charge on any atom is 0.171 e. The molecule has 2 atom stereocenters. The number of ether oxygens (including phenoxy) is 1. The Balaban J connectivity index is 2.07. The molecular weight excluding hydrogens is 364 g/mol. The second kappa shape index (κ2) is 9.79. The lowest BCUT2D eigenvalue weighted by atomic mass is 9.95. The minimum absolute atomic E-state index is 0.145. The minimum Gasteiger partial charge on any atom is -0.495 e. The highest BCUT2D eigenvalue weighted by Gasteiger charge is 2.13. The number of hydrogen-bond donors (Lipinski definition) is 2. The molecule has 0 aliphatic heterocycles. The van der Waals surface area contributed by atoms with E-state index in [9.17, 15) is 0 Å². The lowest BCUT2D eigenvalue weighted by molar-refractivity contribution is 0.417. The van der Waals surface area contributed by atoms with Crippen LogP contribution in [0.4, 0.5) is 5.69 Å². The summed E-state index contributed by atoms with van der Waals surface area (Å²) in [5.41, 5.74) is 3.34. The summed E-state index contributed by atoms with van der Waals surface area (Å²) in [5.74, 6) is 1.28. The van der Waals surface area contributed by atoms with Gasteiger partial charge in [0.1, 0.15) is 5.75 Å². The molecule has 0 heterocycles. The molecule has 0 saturated heterocycles. The summed E-state index contributed by atoms with van der Waals surface area (Å²) in [5, 5.41) is 7.75. The lowest BCUT2D eigenvalue weighted by Crippen LogP contribution is -2.32. The zero-order valence-corrected chi connectivity index (χ0v) is 17.4. The first kappa shape index (κ1) is 20.5. The van der Waals surface area contributed by atoms with Gasteiger partial charge in [0.2, 0.25) is 0 Å². The van der Waals surface area contributed by atoms with Crippen LogP contribution in [0.25, 0.3) is 0 Å². The molecule has 2 rings (SSSR count). The number of methoxy groups -OCH3 is 1. The Kier molecular flexibility index (Phi) is 7.73. The summed E-state index contributed by atoms with van der Waals surface area (Å²) < 4.78 is 5.35. The van der Waals surface area contributed by atoms with Gasteiger partial charge in [-0.05, 0) is 60.3 Å². The number of nitrogens with one attached hydrogen (secondary N) is 2. The molecular formula is C21H27ClN2OS. The van der Waals surface area contributed by atoms with E-state index in [1.54, 1.807) is 19.2 Å². The molecule has 0 spiro atoms. The van der Waals surface area contributed by atoms with E-state index in [0.717, 1.165) is 18.5 Å². The number of hydrogen-bond acceptors (Lipinski definition) is 2. The van der Waals surface area contributed by atoms with Gasteiger partial charge in [0.25, 0.3) is 0 Å². The molecule has 5 heteroatoms. The Morgan fingerprint density at radius 3 is 2.31 bits per heavy atom. The highest BCUT2D eigenvalue weighted by atomic mass is 35.5. The van der Waals surface area contributed by atoms with Crippen molar-refractivity contribution in [3.63, 3.8) is 0 Å². The van der Waals surface area contributed by atoms with Gasteiger partial charge in [-0.3, -0.25) is 0 Å². The maximum absolute atomic E-state index is 6.08. The molecule has 0 radical (unpaired) electrons. The highest BCUT2D eigenvalue weighted by molar-refractivity contribution is 7.80. The fourth-order valence-electron chi connectivity index (χ4n) is 2.81. The molecule has 0 amide bonds. The first-order valence-corrected chi connectivity index (χ1v) is 9.78. The van der Waals surface area contributed by atoms with Gasteiger partial charge in [0.05, 0.1) is 18.8 Å². The van der Waals surface area contributed by atoms with Crippen LogP contribution >= 0.6 is 23.8 Å². The fraction of sp³-hybridized carbons (Fsp3) is 0.381. The van der Waals surface area contributed by atoms with Crippen molar-refractivity contribution in [2.24, 2.45) is 0 Å². The Morgan fingerprint density at radius 2 is 1.73 bits per heavy atom. The Morgan fingerprint density at radius 1 is 1.08 bits per heavy atom. The van der Waals surface area contributed by atoms with Crippen molar-refractivity contribution >= 4 is 34.6 Å². The van der Waals surface area contributed by atoms with Crippen LogP contribution in [0.5, 0.6) is 5.75 Å². The molecule has 0 aromatic heterocycles. The first-order valence-electron chi connectivity index (χ1n) is 8.99. The normalized spacial score (nSPS) is 13.0. The summed E-state index contributed by atoms with van der Waals surface area (Å²) >= 11 is 11.6. The summed E-state index contributed by atoms with van der Waals surface area (Å²) in [6, 6.07) is 14.3. The third-order valence-electron chi connectivity index (χ3n) is 4.64. The molecule has 0 aliphatic rings. The van der Waals surface area contributed by atoms with Crippen molar-refractivity contribution in [2.75, 3.05) is 12.4 Å². The fourth-order valence-corrected chi connectivity index (χ4v) is 3.23. The van der Waals surface area contributed by atoms with Gasteiger partial charge in [-0.15, -0.1) is 0 Å². The third kappa shape index (κ3) is 5.36. The van der Waals surface area contributed by atoms with Gasteiger partial charge < -0.3 is 15.4 Å². The minimum atomic E-state index is 0.145. The molecule has 2 aromatic carbocycles. The summed E-state index contributed by atoms with van der Waals surface area (Å²) in [6.07, 6.45) is 2.07. The van der Waals surface area contributed by atoms with Crippen molar-refractivity contribution in [3.8, 4) is 5.75 Å². The van der Waals surface area contributed by atoms with Crippen LogP contribution < -0.4 is 15.4 Å². The van der Waals surface area contributed by atoms with Gasteiger partial charge >= 0.3 is 0 Å². The highest BCUT2D eigenvalue weighted by Crippen LogP contribution is 2.28. The average Bonchev–Trinajstić information content (AvgIpc) is 2.66. The van der Waals surface area contributed by atoms with Crippen LogP contribution in [-0.2, 0) is 0 Å². The molecule has 2 N–H and O–H groups in total.